The van der Waals surface area contributed by atoms with Crippen molar-refractivity contribution in [2.24, 2.45) is 5.92 Å². The summed E-state index contributed by atoms with van der Waals surface area (Å²) in [5.41, 5.74) is 6.67. The van der Waals surface area contributed by atoms with Crippen LogP contribution in [0.4, 0.5) is 10.3 Å². The summed E-state index contributed by atoms with van der Waals surface area (Å²) in [5, 5.41) is 10.9. The van der Waals surface area contributed by atoms with E-state index in [0.717, 1.165) is 0 Å². The van der Waals surface area contributed by atoms with Gasteiger partial charge in [0, 0.05) is 12.3 Å². The smallest absolute Gasteiger partial charge is 0.380 e. The minimum absolute atomic E-state index is 0.0286. The highest BCUT2D eigenvalue weighted by Gasteiger charge is 2.57. The van der Waals surface area contributed by atoms with Crippen molar-refractivity contribution in [3.8, 4) is 11.6 Å². The number of alkyl halides is 2. The van der Waals surface area contributed by atoms with E-state index < -0.39 is 43.1 Å². The number of nitrogens with zero attached hydrogens (tertiary/aromatic N) is 4. The van der Waals surface area contributed by atoms with E-state index in [-0.39, 0.29) is 52.9 Å². The topological polar surface area (TPSA) is 178 Å². The van der Waals surface area contributed by atoms with Gasteiger partial charge in [0.1, 0.15) is 29.5 Å². The van der Waals surface area contributed by atoms with Crippen LogP contribution < -0.4 is 15.0 Å². The van der Waals surface area contributed by atoms with Gasteiger partial charge in [-0.3, -0.25) is 13.9 Å². The number of carbonyl (C=O) groups is 2. The molecule has 3 aromatic rings. The Kier molecular flexibility index (Phi) is 9.68. The molecule has 1 fully saturated rings. The highest BCUT2D eigenvalue weighted by molar-refractivity contribution is 9.10. The first-order chi connectivity index (χ1) is 19.8. The number of hydrogen-bond acceptors (Lipinski definition) is 12. The Bertz CT molecular complexity index is 1520. The van der Waals surface area contributed by atoms with Gasteiger partial charge in [-0.05, 0) is 47.8 Å². The molecule has 0 bridgehead atoms. The lowest BCUT2D eigenvalue weighted by Gasteiger charge is -2.25. The molecule has 3 heterocycles. The number of ether oxygens (including phenoxy) is 2. The van der Waals surface area contributed by atoms with Crippen LogP contribution in [0.1, 0.15) is 39.0 Å². The number of aliphatic hydroxyl groups is 1. The van der Waals surface area contributed by atoms with Crippen molar-refractivity contribution in [1.29, 1.82) is 0 Å². The first kappa shape index (κ1) is 32.0. The van der Waals surface area contributed by atoms with Crippen LogP contribution in [0, 0.1) is 5.92 Å². The molecule has 6 atom stereocenters. The van der Waals surface area contributed by atoms with Crippen LogP contribution in [0.15, 0.2) is 30.6 Å². The van der Waals surface area contributed by atoms with E-state index in [2.05, 4.69) is 30.9 Å². The predicted molar refractivity (Wildman–Crippen MR) is 153 cm³/mol. The summed E-state index contributed by atoms with van der Waals surface area (Å²) < 4.78 is 51.3. The van der Waals surface area contributed by atoms with E-state index in [1.165, 1.54) is 31.9 Å². The molecule has 2 unspecified atom stereocenters. The Morgan fingerprint density at radius 1 is 1.31 bits per heavy atom. The number of halogens is 2. The zero-order chi connectivity index (χ0) is 30.8. The third-order valence-electron chi connectivity index (χ3n) is 6.82. The number of hydrogen-bond donors (Lipinski definition) is 2. The Labute approximate surface area is 249 Å². The summed E-state index contributed by atoms with van der Waals surface area (Å²) in [4.78, 5) is 35.8. The van der Waals surface area contributed by atoms with Gasteiger partial charge >= 0.3 is 7.60 Å². The Morgan fingerprint density at radius 3 is 2.69 bits per heavy atom. The van der Waals surface area contributed by atoms with Crippen LogP contribution in [0.3, 0.4) is 0 Å². The summed E-state index contributed by atoms with van der Waals surface area (Å²) in [6.07, 6.45) is -3.11. The number of rotatable bonds is 13. The average Bonchev–Trinajstić information content (AvgIpc) is 3.43. The van der Waals surface area contributed by atoms with Gasteiger partial charge in [-0.2, -0.15) is 9.97 Å². The standard InChI is InChI=1S/C26H32BrFN5O8P/c1-14(16(3)35)12-42(37,41-18-8-6-5-7-17(18)10-9-15(2)34)39-11-19-21(36)26(27,28)24(40-19)33-13-30-20-22(33)31-25(29)32-23(20)38-4/h5-8,13-14,19,21,24,36H,9-12H2,1-4H3,(H2,29,31,32)/t14-,19-,21+,24-,26?,42?/m1/s1. The van der Waals surface area contributed by atoms with Crippen LogP contribution in [0.2, 0.25) is 0 Å². The summed E-state index contributed by atoms with van der Waals surface area (Å²) in [6.45, 7) is 3.84. The predicted octanol–water partition coefficient (Wildman–Crippen LogP) is 3.77. The number of Topliss-reactive ketones (excluding diaryl/α,β-unsaturated/α-hetero) is 2. The van der Waals surface area contributed by atoms with E-state index in [0.29, 0.717) is 12.0 Å². The number of aryl methyl sites for hydroxylation is 1. The monoisotopic (exact) mass is 671 g/mol. The highest BCUT2D eigenvalue weighted by Crippen LogP contribution is 2.53. The third-order valence-corrected chi connectivity index (χ3v) is 9.69. The number of methoxy groups -OCH3 is 1. The summed E-state index contributed by atoms with van der Waals surface area (Å²) in [5.74, 6) is -0.832. The fourth-order valence-corrected chi connectivity index (χ4v) is 6.99. The third kappa shape index (κ3) is 6.81. The van der Waals surface area contributed by atoms with Gasteiger partial charge in [-0.1, -0.05) is 25.1 Å². The maximum Gasteiger partial charge on any atom is 0.380 e. The van der Waals surface area contributed by atoms with Gasteiger partial charge in [-0.25, -0.2) is 13.9 Å². The van der Waals surface area contributed by atoms with Crippen molar-refractivity contribution in [2.45, 2.75) is 56.6 Å². The zero-order valence-corrected chi connectivity index (χ0v) is 25.9. The maximum atomic E-state index is 15.9. The number of carbonyl (C=O) groups excluding carboxylic acids is 2. The molecule has 4 rings (SSSR count). The second kappa shape index (κ2) is 12.7. The van der Waals surface area contributed by atoms with Crippen LogP contribution in [-0.4, -0.2) is 72.9 Å². The minimum atomic E-state index is -4.09. The van der Waals surface area contributed by atoms with Crippen LogP contribution in [0.25, 0.3) is 11.2 Å². The van der Waals surface area contributed by atoms with E-state index in [4.69, 9.17) is 24.3 Å². The number of aromatic nitrogens is 4. The Balaban J connectivity index is 1.59. The van der Waals surface area contributed by atoms with E-state index in [9.17, 15) is 19.3 Å². The molecule has 0 saturated carbocycles. The van der Waals surface area contributed by atoms with E-state index in [1.54, 1.807) is 31.2 Å². The number of fused-ring (bicyclic) bond motifs is 1. The van der Waals surface area contributed by atoms with Gasteiger partial charge in [-0.15, -0.1) is 0 Å². The van der Waals surface area contributed by atoms with Crippen molar-refractivity contribution in [2.75, 3.05) is 25.6 Å². The lowest BCUT2D eigenvalue weighted by molar-refractivity contribution is -0.120. The van der Waals surface area contributed by atoms with Crippen molar-refractivity contribution in [1.82, 2.24) is 19.5 Å². The fraction of sp³-hybridized carbons (Fsp3) is 0.500. The van der Waals surface area contributed by atoms with Crippen molar-refractivity contribution < 1.29 is 42.2 Å². The maximum absolute atomic E-state index is 15.9. The molecular formula is C26H32BrFN5O8P. The van der Waals surface area contributed by atoms with Crippen molar-refractivity contribution >= 4 is 52.2 Å². The SMILES string of the molecule is COc1nc(N)nc2c1ncn2[C@@H]1O[C@H](COP(=O)(C[C@@H](C)C(C)=O)Oc2ccccc2CCC(C)=O)[C@H](O)C1(F)Br. The van der Waals surface area contributed by atoms with Crippen LogP contribution in [0.5, 0.6) is 11.6 Å². The fourth-order valence-electron chi connectivity index (χ4n) is 4.35. The quantitative estimate of drug-likeness (QED) is 0.199. The molecule has 0 radical (unpaired) electrons. The van der Waals surface area contributed by atoms with Crippen LogP contribution in [-0.2, 0) is 29.8 Å². The average molecular weight is 672 g/mol. The Morgan fingerprint density at radius 2 is 2.02 bits per heavy atom. The molecule has 13 nitrogen and oxygen atoms in total. The largest absolute Gasteiger partial charge is 0.479 e. The molecule has 16 heteroatoms. The number of aliphatic hydroxyl groups excluding tert-OH is 1. The number of nitrogens with two attached hydrogens (primary N) is 1. The number of anilines is 1. The molecule has 2 aromatic heterocycles. The molecule has 1 aliphatic rings. The van der Waals surface area contributed by atoms with Gasteiger partial charge in [0.05, 0.1) is 26.2 Å². The summed E-state index contributed by atoms with van der Waals surface area (Å²) in [6, 6.07) is 6.73. The Hall–Kier alpha value is -2.97. The molecule has 228 valence electrons. The molecule has 0 spiro atoms. The number of benzene rings is 1. The highest BCUT2D eigenvalue weighted by atomic mass is 79.9. The van der Waals surface area contributed by atoms with Gasteiger partial charge in [0.25, 0.3) is 0 Å². The van der Waals surface area contributed by atoms with Gasteiger partial charge < -0.3 is 29.6 Å². The second-order valence-electron chi connectivity index (χ2n) is 10.1. The second-order valence-corrected chi connectivity index (χ2v) is 13.3. The number of nitrogen functional groups attached to an aromatic ring is 1. The zero-order valence-electron chi connectivity index (χ0n) is 23.4. The van der Waals surface area contributed by atoms with Crippen molar-refractivity contribution in [3.05, 3.63) is 36.2 Å². The first-order valence-corrected chi connectivity index (χ1v) is 15.5. The summed E-state index contributed by atoms with van der Waals surface area (Å²) in [7, 11) is -2.73. The van der Waals surface area contributed by atoms with E-state index in [1.807, 2.05) is 0 Å². The lowest BCUT2D eigenvalue weighted by atomic mass is 10.1. The molecule has 3 N–H and O–H groups in total. The van der Waals surface area contributed by atoms with Gasteiger partial charge in [0.2, 0.25) is 16.4 Å². The molecule has 0 aliphatic carbocycles. The molecular weight excluding hydrogens is 640 g/mol. The molecule has 1 aromatic carbocycles. The van der Waals surface area contributed by atoms with Gasteiger partial charge in [0.15, 0.2) is 17.4 Å². The lowest BCUT2D eigenvalue weighted by Crippen LogP contribution is -2.38. The summed E-state index contributed by atoms with van der Waals surface area (Å²) >= 11 is 2.92. The minimum Gasteiger partial charge on any atom is -0.479 e. The number of para-hydroxylation sites is 1. The number of imidazole rings is 1. The molecule has 1 saturated heterocycles. The molecule has 42 heavy (non-hydrogen) atoms. The first-order valence-electron chi connectivity index (χ1n) is 13.0. The van der Waals surface area contributed by atoms with E-state index >= 15 is 4.39 Å². The van der Waals surface area contributed by atoms with Crippen LogP contribution >= 0.6 is 23.5 Å². The molecule has 0 amide bonds. The molecule has 1 aliphatic heterocycles. The normalized spacial score (nSPS) is 24.3. The van der Waals surface area contributed by atoms with Crippen molar-refractivity contribution in [3.63, 3.8) is 0 Å². The number of ketones is 2.